The lowest BCUT2D eigenvalue weighted by molar-refractivity contribution is -0.124. The van der Waals surface area contributed by atoms with E-state index in [1.807, 2.05) is 69.3 Å². The van der Waals surface area contributed by atoms with Crippen LogP contribution in [0.5, 0.6) is 0 Å². The summed E-state index contributed by atoms with van der Waals surface area (Å²) in [5, 5.41) is 2.61. The molecule has 0 saturated carbocycles. The SMILES string of the molecule is CC.CC(=O)CC(=O)Nc1ccccc1.CC(=O)c1ccccc1.CCC=O. The standard InChI is InChI=1S/C10H11NO2.C8H8O.C3H6O.C2H6/c1-8(12)7-10(13)11-9-5-3-2-4-6-9;1-7(9)8-5-3-2-4-6-8;1-2-3-4;1-2/h2-6H,7H2,1H3,(H,11,13);2-6H,1H3;3H,2H2,1H3;1-2H3. The molecule has 0 aliphatic carbocycles. The Morgan fingerprint density at radius 1 is 0.857 bits per heavy atom. The third kappa shape index (κ3) is 16.4. The molecule has 0 aromatic heterocycles. The van der Waals surface area contributed by atoms with E-state index in [-0.39, 0.29) is 23.9 Å². The Bertz CT molecular complexity index is 682. The fourth-order valence-electron chi connectivity index (χ4n) is 1.63. The lowest BCUT2D eigenvalue weighted by atomic mass is 10.2. The van der Waals surface area contributed by atoms with Gasteiger partial charge in [-0.2, -0.15) is 0 Å². The zero-order chi connectivity index (χ0) is 21.8. The number of carbonyl (C=O) groups is 4. The number of hydrogen-bond acceptors (Lipinski definition) is 4. The molecule has 0 heterocycles. The first-order chi connectivity index (χ1) is 13.4. The van der Waals surface area contributed by atoms with Crippen molar-refractivity contribution in [2.75, 3.05) is 5.32 Å². The molecule has 0 spiro atoms. The molecule has 2 rings (SSSR count). The summed E-state index contributed by atoms with van der Waals surface area (Å²) in [6.07, 6.45) is 1.45. The summed E-state index contributed by atoms with van der Waals surface area (Å²) in [6, 6.07) is 18.3. The van der Waals surface area contributed by atoms with Gasteiger partial charge in [0.05, 0.1) is 6.42 Å². The van der Waals surface area contributed by atoms with E-state index in [1.165, 1.54) is 6.92 Å². The molecule has 1 N–H and O–H groups in total. The van der Waals surface area contributed by atoms with Gasteiger partial charge in [0.1, 0.15) is 12.1 Å². The zero-order valence-electron chi connectivity index (χ0n) is 17.4. The van der Waals surface area contributed by atoms with Crippen LogP contribution in [0.4, 0.5) is 5.69 Å². The van der Waals surface area contributed by atoms with Gasteiger partial charge in [-0.3, -0.25) is 14.4 Å². The molecule has 152 valence electrons. The molecule has 0 atom stereocenters. The zero-order valence-corrected chi connectivity index (χ0v) is 17.4. The summed E-state index contributed by atoms with van der Waals surface area (Å²) in [5.74, 6) is -0.275. The van der Waals surface area contributed by atoms with Gasteiger partial charge in [-0.1, -0.05) is 69.3 Å². The van der Waals surface area contributed by atoms with E-state index >= 15 is 0 Å². The predicted octanol–water partition coefficient (Wildman–Crippen LogP) is 5.11. The predicted molar refractivity (Wildman–Crippen MR) is 115 cm³/mol. The van der Waals surface area contributed by atoms with Crippen LogP contribution < -0.4 is 5.32 Å². The Morgan fingerprint density at radius 3 is 1.61 bits per heavy atom. The van der Waals surface area contributed by atoms with E-state index in [2.05, 4.69) is 5.32 Å². The quantitative estimate of drug-likeness (QED) is 0.440. The van der Waals surface area contributed by atoms with E-state index in [9.17, 15) is 19.2 Å². The topological polar surface area (TPSA) is 80.3 Å². The molecule has 2 aromatic rings. The Labute approximate surface area is 168 Å². The maximum Gasteiger partial charge on any atom is 0.231 e. The molecule has 1 amide bonds. The number of aldehydes is 1. The van der Waals surface area contributed by atoms with Gasteiger partial charge in [-0.05, 0) is 26.0 Å². The molecular formula is C23H31NO4. The molecule has 5 nitrogen and oxygen atoms in total. The minimum atomic E-state index is -0.265. The van der Waals surface area contributed by atoms with Gasteiger partial charge in [-0.15, -0.1) is 0 Å². The van der Waals surface area contributed by atoms with Crippen molar-refractivity contribution in [3.8, 4) is 0 Å². The average Bonchev–Trinajstić information content (AvgIpc) is 2.71. The fourth-order valence-corrected chi connectivity index (χ4v) is 1.63. The van der Waals surface area contributed by atoms with Gasteiger partial charge >= 0.3 is 0 Å². The monoisotopic (exact) mass is 385 g/mol. The van der Waals surface area contributed by atoms with Crippen molar-refractivity contribution in [1.29, 1.82) is 0 Å². The van der Waals surface area contributed by atoms with Crippen molar-refractivity contribution in [2.24, 2.45) is 0 Å². The summed E-state index contributed by atoms with van der Waals surface area (Å²) < 4.78 is 0. The van der Waals surface area contributed by atoms with Crippen LogP contribution in [-0.2, 0) is 14.4 Å². The van der Waals surface area contributed by atoms with Crippen LogP contribution in [0, 0.1) is 0 Å². The van der Waals surface area contributed by atoms with Crippen molar-refractivity contribution in [2.45, 2.75) is 47.5 Å². The number of benzene rings is 2. The Kier molecular flexibility index (Phi) is 18.1. The molecule has 5 heteroatoms. The molecule has 0 unspecified atom stereocenters. The van der Waals surface area contributed by atoms with Crippen molar-refractivity contribution < 1.29 is 19.2 Å². The fraction of sp³-hybridized carbons (Fsp3) is 0.304. The number of nitrogens with one attached hydrogen (secondary N) is 1. The minimum absolute atomic E-state index is 0.0606. The first-order valence-corrected chi connectivity index (χ1v) is 9.24. The number of Topliss-reactive ketones (excluding diaryl/α,β-unsaturated/α-hetero) is 2. The van der Waals surface area contributed by atoms with Gasteiger partial charge in [-0.25, -0.2) is 0 Å². The highest BCUT2D eigenvalue weighted by molar-refractivity contribution is 6.03. The summed E-state index contributed by atoms with van der Waals surface area (Å²) in [6.45, 7) is 8.77. The molecule has 0 saturated heterocycles. The normalized spacial score (nSPS) is 8.32. The number of para-hydroxylation sites is 1. The molecular weight excluding hydrogens is 354 g/mol. The number of carbonyl (C=O) groups excluding carboxylic acids is 4. The highest BCUT2D eigenvalue weighted by atomic mass is 16.2. The number of rotatable bonds is 5. The van der Waals surface area contributed by atoms with Crippen LogP contribution >= 0.6 is 0 Å². The van der Waals surface area contributed by atoms with Crippen molar-refractivity contribution in [3.05, 3.63) is 66.2 Å². The van der Waals surface area contributed by atoms with Crippen LogP contribution in [-0.4, -0.2) is 23.8 Å². The molecule has 0 fully saturated rings. The highest BCUT2D eigenvalue weighted by Gasteiger charge is 2.04. The number of anilines is 1. The Balaban J connectivity index is 0. The number of amides is 1. The smallest absolute Gasteiger partial charge is 0.231 e. The Hall–Kier alpha value is -3.08. The van der Waals surface area contributed by atoms with Crippen LogP contribution in [0.25, 0.3) is 0 Å². The van der Waals surface area contributed by atoms with E-state index in [0.717, 1.165) is 11.8 Å². The van der Waals surface area contributed by atoms with Crippen LogP contribution in [0.3, 0.4) is 0 Å². The lowest BCUT2D eigenvalue weighted by Gasteiger charge is -2.01. The second kappa shape index (κ2) is 18.7. The minimum Gasteiger partial charge on any atom is -0.326 e. The van der Waals surface area contributed by atoms with Crippen LogP contribution in [0.1, 0.15) is 57.8 Å². The second-order valence-corrected chi connectivity index (χ2v) is 5.29. The molecule has 0 radical (unpaired) electrons. The van der Waals surface area contributed by atoms with E-state index in [0.29, 0.717) is 12.1 Å². The van der Waals surface area contributed by atoms with Crippen LogP contribution in [0.15, 0.2) is 60.7 Å². The van der Waals surface area contributed by atoms with Crippen molar-refractivity contribution in [1.82, 2.24) is 0 Å². The average molecular weight is 386 g/mol. The van der Waals surface area contributed by atoms with Gasteiger partial charge in [0.2, 0.25) is 5.91 Å². The van der Waals surface area contributed by atoms with Gasteiger partial charge in [0.15, 0.2) is 5.78 Å². The van der Waals surface area contributed by atoms with Gasteiger partial charge in [0.25, 0.3) is 0 Å². The molecule has 2 aromatic carbocycles. The maximum absolute atomic E-state index is 11.1. The molecule has 28 heavy (non-hydrogen) atoms. The molecule has 0 bridgehead atoms. The number of hydrogen-bond donors (Lipinski definition) is 1. The third-order valence-corrected chi connectivity index (χ3v) is 2.81. The molecule has 0 aliphatic heterocycles. The summed E-state index contributed by atoms with van der Waals surface area (Å²) in [7, 11) is 0. The first-order valence-electron chi connectivity index (χ1n) is 9.24. The Morgan fingerprint density at radius 2 is 1.29 bits per heavy atom. The summed E-state index contributed by atoms with van der Waals surface area (Å²) in [4.78, 5) is 41.5. The lowest BCUT2D eigenvalue weighted by Crippen LogP contribution is -2.14. The largest absolute Gasteiger partial charge is 0.326 e. The van der Waals surface area contributed by atoms with Gasteiger partial charge in [0, 0.05) is 17.7 Å². The maximum atomic E-state index is 11.1. The number of ketones is 2. The summed E-state index contributed by atoms with van der Waals surface area (Å²) >= 11 is 0. The van der Waals surface area contributed by atoms with Crippen molar-refractivity contribution in [3.63, 3.8) is 0 Å². The van der Waals surface area contributed by atoms with E-state index in [1.54, 1.807) is 19.1 Å². The summed E-state index contributed by atoms with van der Waals surface area (Å²) in [5.41, 5.74) is 1.49. The second-order valence-electron chi connectivity index (χ2n) is 5.29. The highest BCUT2D eigenvalue weighted by Crippen LogP contribution is 2.05. The van der Waals surface area contributed by atoms with Gasteiger partial charge < -0.3 is 10.1 Å². The first kappa shape index (κ1) is 27.1. The molecule has 0 aliphatic rings. The van der Waals surface area contributed by atoms with E-state index in [4.69, 9.17) is 0 Å². The van der Waals surface area contributed by atoms with Crippen LogP contribution in [0.2, 0.25) is 0 Å². The van der Waals surface area contributed by atoms with E-state index < -0.39 is 0 Å². The van der Waals surface area contributed by atoms with Crippen molar-refractivity contribution >= 4 is 29.4 Å². The third-order valence-electron chi connectivity index (χ3n) is 2.81.